The van der Waals surface area contributed by atoms with Crippen LogP contribution in [0.5, 0.6) is 0 Å². The molecular formula is C10H12Cl2O3S2. The molecular weight excluding hydrogens is 303 g/mol. The zero-order valence-electron chi connectivity index (χ0n) is 9.31. The van der Waals surface area contributed by atoms with Crippen molar-refractivity contribution in [2.24, 2.45) is 0 Å². The highest BCUT2D eigenvalue weighted by atomic mass is 35.5. The van der Waals surface area contributed by atoms with Gasteiger partial charge in [0.2, 0.25) is 0 Å². The van der Waals surface area contributed by atoms with Crippen molar-refractivity contribution < 1.29 is 12.6 Å². The largest absolute Gasteiger partial charge is 0.269 e. The van der Waals surface area contributed by atoms with Crippen LogP contribution in [0.1, 0.15) is 10.8 Å². The zero-order chi connectivity index (χ0) is 13.1. The molecule has 0 N–H and O–H groups in total. The summed E-state index contributed by atoms with van der Waals surface area (Å²) in [4.78, 5) is 0. The van der Waals surface area contributed by atoms with E-state index in [9.17, 15) is 8.42 Å². The van der Waals surface area contributed by atoms with Crippen LogP contribution in [0.15, 0.2) is 18.2 Å². The Morgan fingerprint density at radius 3 is 2.53 bits per heavy atom. The van der Waals surface area contributed by atoms with Crippen LogP contribution in [0, 0.1) is 0 Å². The molecule has 1 aromatic rings. The fraction of sp³-hybridized carbons (Fsp3) is 0.400. The lowest BCUT2D eigenvalue weighted by atomic mass is 10.1. The molecule has 0 aromatic heterocycles. The highest BCUT2D eigenvalue weighted by molar-refractivity contribution is 7.98. The monoisotopic (exact) mass is 314 g/mol. The molecule has 0 radical (unpaired) electrons. The topological polar surface area (TPSA) is 43.4 Å². The van der Waals surface area contributed by atoms with Crippen LogP contribution < -0.4 is 0 Å². The maximum absolute atomic E-state index is 10.9. The van der Waals surface area contributed by atoms with E-state index in [1.54, 1.807) is 18.2 Å². The van der Waals surface area contributed by atoms with Gasteiger partial charge in [0.05, 0.1) is 18.1 Å². The molecule has 1 rings (SSSR count). The second-order valence-corrected chi connectivity index (χ2v) is 6.91. The summed E-state index contributed by atoms with van der Waals surface area (Å²) >= 11 is 13.3. The number of hydrogen-bond donors (Lipinski definition) is 0. The fourth-order valence-corrected chi connectivity index (χ4v) is 2.97. The van der Waals surface area contributed by atoms with Gasteiger partial charge in [-0.1, -0.05) is 29.3 Å². The minimum Gasteiger partial charge on any atom is -0.269 e. The molecule has 1 aromatic carbocycles. The number of rotatable bonds is 5. The van der Waals surface area contributed by atoms with Crippen molar-refractivity contribution in [2.45, 2.75) is 5.25 Å². The van der Waals surface area contributed by atoms with E-state index < -0.39 is 10.1 Å². The van der Waals surface area contributed by atoms with E-state index in [1.165, 1.54) is 11.8 Å². The Morgan fingerprint density at radius 2 is 2.06 bits per heavy atom. The molecule has 0 spiro atoms. The summed E-state index contributed by atoms with van der Waals surface area (Å²) in [6.07, 6.45) is 2.88. The van der Waals surface area contributed by atoms with Gasteiger partial charge in [0, 0.05) is 10.0 Å². The van der Waals surface area contributed by atoms with Crippen molar-refractivity contribution in [3.05, 3.63) is 33.8 Å². The van der Waals surface area contributed by atoms with Crippen LogP contribution in [0.3, 0.4) is 0 Å². The first-order valence-corrected chi connectivity index (χ1v) is 8.51. The normalized spacial score (nSPS) is 13.6. The van der Waals surface area contributed by atoms with Gasteiger partial charge in [0.15, 0.2) is 0 Å². The van der Waals surface area contributed by atoms with Crippen LogP contribution in [-0.2, 0) is 14.3 Å². The number of thioether (sulfide) groups is 1. The third-order valence-corrected chi connectivity index (χ3v) is 4.11. The predicted octanol–water partition coefficient (Wildman–Crippen LogP) is 3.37. The average molecular weight is 315 g/mol. The Balaban J connectivity index is 2.86. The lowest BCUT2D eigenvalue weighted by molar-refractivity contribution is 0.323. The van der Waals surface area contributed by atoms with Crippen molar-refractivity contribution in [1.82, 2.24) is 0 Å². The standard InChI is InChI=1S/C10H12Cl2O3S2/c1-16-10(6-15-17(2,13)14)8-4-3-7(11)5-9(8)12/h3-5,10H,6H2,1-2H3. The summed E-state index contributed by atoms with van der Waals surface area (Å²) in [5, 5.41) is 0.908. The van der Waals surface area contributed by atoms with E-state index in [-0.39, 0.29) is 11.9 Å². The highest BCUT2D eigenvalue weighted by Crippen LogP contribution is 2.34. The third kappa shape index (κ3) is 5.06. The van der Waals surface area contributed by atoms with Gasteiger partial charge in [-0.25, -0.2) is 0 Å². The van der Waals surface area contributed by atoms with Gasteiger partial charge in [-0.2, -0.15) is 20.2 Å². The molecule has 0 heterocycles. The van der Waals surface area contributed by atoms with E-state index in [4.69, 9.17) is 27.4 Å². The lowest BCUT2D eigenvalue weighted by Crippen LogP contribution is -2.10. The Hall–Kier alpha value is 0.0600. The third-order valence-electron chi connectivity index (χ3n) is 2.03. The van der Waals surface area contributed by atoms with Gasteiger partial charge >= 0.3 is 0 Å². The Kier molecular flexibility index (Phi) is 5.60. The second-order valence-electron chi connectivity index (χ2n) is 3.38. The van der Waals surface area contributed by atoms with Crippen LogP contribution in [0.4, 0.5) is 0 Å². The van der Waals surface area contributed by atoms with Crippen molar-refractivity contribution in [3.8, 4) is 0 Å². The van der Waals surface area contributed by atoms with Gasteiger partial charge in [0.1, 0.15) is 0 Å². The summed E-state index contributed by atoms with van der Waals surface area (Å²) in [6.45, 7) is 0.0569. The zero-order valence-corrected chi connectivity index (χ0v) is 12.5. The molecule has 96 valence electrons. The molecule has 0 aliphatic carbocycles. The summed E-state index contributed by atoms with van der Waals surface area (Å²) in [7, 11) is -3.44. The first-order chi connectivity index (χ1) is 7.83. The SMILES string of the molecule is CSC(COS(C)(=O)=O)c1ccc(Cl)cc1Cl. The summed E-state index contributed by atoms with van der Waals surface area (Å²) in [5.41, 5.74) is 0.812. The van der Waals surface area contributed by atoms with E-state index in [1.807, 2.05) is 6.26 Å². The van der Waals surface area contributed by atoms with Gasteiger partial charge in [0.25, 0.3) is 10.1 Å². The van der Waals surface area contributed by atoms with Crippen molar-refractivity contribution in [1.29, 1.82) is 0 Å². The van der Waals surface area contributed by atoms with Crippen molar-refractivity contribution >= 4 is 45.1 Å². The van der Waals surface area contributed by atoms with Crippen LogP contribution in [0.2, 0.25) is 10.0 Å². The van der Waals surface area contributed by atoms with Gasteiger partial charge in [-0.05, 0) is 24.0 Å². The average Bonchev–Trinajstić information content (AvgIpc) is 2.19. The Morgan fingerprint density at radius 1 is 1.41 bits per heavy atom. The molecule has 0 amide bonds. The molecule has 0 bridgehead atoms. The maximum Gasteiger partial charge on any atom is 0.264 e. The number of hydrogen-bond acceptors (Lipinski definition) is 4. The molecule has 17 heavy (non-hydrogen) atoms. The number of halogens is 2. The first-order valence-electron chi connectivity index (χ1n) is 4.65. The van der Waals surface area contributed by atoms with E-state index in [0.717, 1.165) is 11.8 Å². The smallest absolute Gasteiger partial charge is 0.264 e. The van der Waals surface area contributed by atoms with Crippen LogP contribution in [-0.4, -0.2) is 27.5 Å². The van der Waals surface area contributed by atoms with E-state index in [0.29, 0.717) is 10.0 Å². The predicted molar refractivity (Wildman–Crippen MR) is 73.5 cm³/mol. The molecule has 0 fully saturated rings. The molecule has 0 aliphatic rings. The minimum absolute atomic E-state index is 0.0569. The maximum atomic E-state index is 10.9. The molecule has 3 nitrogen and oxygen atoms in total. The first kappa shape index (κ1) is 15.1. The second kappa shape index (κ2) is 6.29. The molecule has 7 heteroatoms. The van der Waals surface area contributed by atoms with E-state index >= 15 is 0 Å². The summed E-state index contributed by atoms with van der Waals surface area (Å²) in [6, 6.07) is 5.12. The Labute approximate surface area is 116 Å². The molecule has 0 saturated carbocycles. The highest BCUT2D eigenvalue weighted by Gasteiger charge is 2.16. The van der Waals surface area contributed by atoms with Crippen LogP contribution >= 0.6 is 35.0 Å². The van der Waals surface area contributed by atoms with Gasteiger partial charge in [-0.3, -0.25) is 4.18 Å². The number of benzene rings is 1. The van der Waals surface area contributed by atoms with Crippen LogP contribution in [0.25, 0.3) is 0 Å². The summed E-state index contributed by atoms with van der Waals surface area (Å²) < 4.78 is 26.7. The van der Waals surface area contributed by atoms with Crippen molar-refractivity contribution in [2.75, 3.05) is 19.1 Å². The van der Waals surface area contributed by atoms with Crippen molar-refractivity contribution in [3.63, 3.8) is 0 Å². The Bertz CT molecular complexity index is 488. The lowest BCUT2D eigenvalue weighted by Gasteiger charge is -2.15. The quantitative estimate of drug-likeness (QED) is 0.781. The minimum atomic E-state index is -3.44. The van der Waals surface area contributed by atoms with Gasteiger partial charge < -0.3 is 0 Å². The molecule has 0 aliphatic heterocycles. The summed E-state index contributed by atoms with van der Waals surface area (Å²) in [5.74, 6) is 0. The van der Waals surface area contributed by atoms with Gasteiger partial charge in [-0.15, -0.1) is 0 Å². The molecule has 1 atom stereocenters. The molecule has 1 unspecified atom stereocenters. The molecule has 0 saturated heterocycles. The fourth-order valence-electron chi connectivity index (χ4n) is 1.23. The van der Waals surface area contributed by atoms with E-state index in [2.05, 4.69) is 0 Å².